The molecule has 0 bridgehead atoms. The summed E-state index contributed by atoms with van der Waals surface area (Å²) < 4.78 is 0.936. The standard InChI is InChI=1S/C11H13BrO3/c1-2-7-5-8(12)3-4-9(7)10(13)6-11(14)15/h3-5,10,13H,2,6H2,1H3,(H,14,15). The first-order valence-corrected chi connectivity index (χ1v) is 5.52. The third kappa shape index (κ3) is 3.32. The number of aliphatic hydroxyl groups excluding tert-OH is 1. The van der Waals surface area contributed by atoms with Crippen LogP contribution < -0.4 is 0 Å². The molecule has 0 amide bonds. The second-order valence-corrected chi connectivity index (χ2v) is 4.23. The van der Waals surface area contributed by atoms with E-state index in [0.29, 0.717) is 5.56 Å². The number of benzene rings is 1. The number of hydrogen-bond acceptors (Lipinski definition) is 2. The molecule has 3 nitrogen and oxygen atoms in total. The summed E-state index contributed by atoms with van der Waals surface area (Å²) in [5.74, 6) is -0.993. The molecule has 1 unspecified atom stereocenters. The number of carbonyl (C=O) groups is 1. The fourth-order valence-electron chi connectivity index (χ4n) is 1.48. The van der Waals surface area contributed by atoms with Gasteiger partial charge in [0, 0.05) is 4.47 Å². The Hall–Kier alpha value is -0.870. The van der Waals surface area contributed by atoms with E-state index in [1.165, 1.54) is 0 Å². The van der Waals surface area contributed by atoms with Crippen LogP contribution in [-0.4, -0.2) is 16.2 Å². The summed E-state index contributed by atoms with van der Waals surface area (Å²) in [4.78, 5) is 10.5. The smallest absolute Gasteiger partial charge is 0.306 e. The van der Waals surface area contributed by atoms with E-state index in [1.54, 1.807) is 12.1 Å². The maximum atomic E-state index is 10.5. The minimum absolute atomic E-state index is 0.255. The van der Waals surface area contributed by atoms with Gasteiger partial charge in [0.25, 0.3) is 0 Å². The highest BCUT2D eigenvalue weighted by Gasteiger charge is 2.15. The van der Waals surface area contributed by atoms with Crippen LogP contribution in [0.25, 0.3) is 0 Å². The Kier molecular flexibility index (Phi) is 4.29. The predicted octanol–water partition coefficient (Wildman–Crippen LogP) is 2.52. The Balaban J connectivity index is 2.97. The lowest BCUT2D eigenvalue weighted by Crippen LogP contribution is -2.07. The molecule has 82 valence electrons. The maximum Gasteiger partial charge on any atom is 0.306 e. The fraction of sp³-hybridized carbons (Fsp3) is 0.364. The van der Waals surface area contributed by atoms with Gasteiger partial charge in [-0.3, -0.25) is 4.79 Å². The lowest BCUT2D eigenvalue weighted by Gasteiger charge is -2.13. The van der Waals surface area contributed by atoms with E-state index in [1.807, 2.05) is 13.0 Å². The highest BCUT2D eigenvalue weighted by molar-refractivity contribution is 9.10. The number of aliphatic hydroxyl groups is 1. The average molecular weight is 273 g/mol. The fourth-order valence-corrected chi connectivity index (χ4v) is 1.89. The molecule has 0 heterocycles. The number of hydrogen-bond donors (Lipinski definition) is 2. The summed E-state index contributed by atoms with van der Waals surface area (Å²) in [6.07, 6.45) is -0.411. The topological polar surface area (TPSA) is 57.5 Å². The highest BCUT2D eigenvalue weighted by atomic mass is 79.9. The summed E-state index contributed by atoms with van der Waals surface area (Å²) >= 11 is 3.34. The van der Waals surface area contributed by atoms with E-state index >= 15 is 0 Å². The summed E-state index contributed by atoms with van der Waals surface area (Å²) in [6, 6.07) is 5.47. The van der Waals surface area contributed by atoms with Crippen molar-refractivity contribution >= 4 is 21.9 Å². The van der Waals surface area contributed by atoms with Crippen LogP contribution in [-0.2, 0) is 11.2 Å². The molecule has 0 fully saturated rings. The molecule has 0 saturated heterocycles. The number of carboxylic acid groups (broad SMARTS) is 1. The number of aliphatic carboxylic acids is 1. The molecule has 0 aliphatic carbocycles. The van der Waals surface area contributed by atoms with Crippen LogP contribution in [0.1, 0.15) is 30.6 Å². The lowest BCUT2D eigenvalue weighted by molar-refractivity contribution is -0.139. The Morgan fingerprint density at radius 1 is 1.53 bits per heavy atom. The molecule has 0 saturated carbocycles. The predicted molar refractivity (Wildman–Crippen MR) is 60.7 cm³/mol. The molecule has 0 aromatic heterocycles. The molecular weight excluding hydrogens is 260 g/mol. The lowest BCUT2D eigenvalue weighted by atomic mass is 9.99. The second-order valence-electron chi connectivity index (χ2n) is 3.31. The quantitative estimate of drug-likeness (QED) is 0.886. The van der Waals surface area contributed by atoms with Crippen molar-refractivity contribution in [2.75, 3.05) is 0 Å². The Labute approximate surface area is 96.9 Å². The van der Waals surface area contributed by atoms with Crippen LogP contribution in [0.2, 0.25) is 0 Å². The van der Waals surface area contributed by atoms with Crippen LogP contribution in [0.3, 0.4) is 0 Å². The number of halogens is 1. The molecule has 2 N–H and O–H groups in total. The molecule has 0 spiro atoms. The SMILES string of the molecule is CCc1cc(Br)ccc1C(O)CC(=O)O. The molecule has 1 aromatic rings. The summed E-state index contributed by atoms with van der Waals surface area (Å²) in [5, 5.41) is 18.3. The van der Waals surface area contributed by atoms with E-state index in [0.717, 1.165) is 16.5 Å². The highest BCUT2D eigenvalue weighted by Crippen LogP contribution is 2.24. The van der Waals surface area contributed by atoms with Crippen LogP contribution in [0.4, 0.5) is 0 Å². The van der Waals surface area contributed by atoms with Gasteiger partial charge in [-0.1, -0.05) is 28.9 Å². The Morgan fingerprint density at radius 2 is 2.20 bits per heavy atom. The molecule has 1 aromatic carbocycles. The van der Waals surface area contributed by atoms with Gasteiger partial charge in [-0.15, -0.1) is 0 Å². The van der Waals surface area contributed by atoms with Crippen LogP contribution in [0.5, 0.6) is 0 Å². The van der Waals surface area contributed by atoms with E-state index in [9.17, 15) is 9.90 Å². The second kappa shape index (κ2) is 5.28. The van der Waals surface area contributed by atoms with Gasteiger partial charge in [-0.05, 0) is 29.7 Å². The Morgan fingerprint density at radius 3 is 2.73 bits per heavy atom. The van der Waals surface area contributed by atoms with Gasteiger partial charge < -0.3 is 10.2 Å². The number of rotatable bonds is 4. The van der Waals surface area contributed by atoms with Gasteiger partial charge in [0.15, 0.2) is 0 Å². The van der Waals surface area contributed by atoms with Gasteiger partial charge in [0.2, 0.25) is 0 Å². The van der Waals surface area contributed by atoms with Crippen LogP contribution >= 0.6 is 15.9 Å². The largest absolute Gasteiger partial charge is 0.481 e. The molecule has 0 aliphatic heterocycles. The first-order chi connectivity index (χ1) is 7.04. The summed E-state index contributed by atoms with van der Waals surface area (Å²) in [7, 11) is 0. The monoisotopic (exact) mass is 272 g/mol. The molecular formula is C11H13BrO3. The first-order valence-electron chi connectivity index (χ1n) is 4.72. The zero-order chi connectivity index (χ0) is 11.4. The van der Waals surface area contributed by atoms with Gasteiger partial charge >= 0.3 is 5.97 Å². The average Bonchev–Trinajstić information content (AvgIpc) is 2.16. The van der Waals surface area contributed by atoms with Crippen molar-refractivity contribution in [3.63, 3.8) is 0 Å². The van der Waals surface area contributed by atoms with Crippen molar-refractivity contribution in [1.29, 1.82) is 0 Å². The number of aryl methyl sites for hydroxylation is 1. The number of carboxylic acids is 1. The molecule has 15 heavy (non-hydrogen) atoms. The van der Waals surface area contributed by atoms with Crippen LogP contribution in [0, 0.1) is 0 Å². The van der Waals surface area contributed by atoms with E-state index < -0.39 is 12.1 Å². The Bertz CT molecular complexity index is 363. The molecule has 1 atom stereocenters. The maximum absolute atomic E-state index is 10.5. The molecule has 4 heteroatoms. The van der Waals surface area contributed by atoms with Gasteiger partial charge in [0.1, 0.15) is 0 Å². The molecule has 1 rings (SSSR count). The summed E-state index contributed by atoms with van der Waals surface area (Å²) in [5.41, 5.74) is 1.67. The zero-order valence-corrected chi connectivity index (χ0v) is 9.99. The van der Waals surface area contributed by atoms with Crippen molar-refractivity contribution in [1.82, 2.24) is 0 Å². The van der Waals surface area contributed by atoms with Crippen molar-refractivity contribution < 1.29 is 15.0 Å². The summed E-state index contributed by atoms with van der Waals surface area (Å²) in [6.45, 7) is 1.97. The van der Waals surface area contributed by atoms with Crippen molar-refractivity contribution in [3.8, 4) is 0 Å². The van der Waals surface area contributed by atoms with Crippen molar-refractivity contribution in [2.45, 2.75) is 25.9 Å². The normalized spacial score (nSPS) is 12.5. The van der Waals surface area contributed by atoms with Crippen molar-refractivity contribution in [2.24, 2.45) is 0 Å². The van der Waals surface area contributed by atoms with E-state index in [2.05, 4.69) is 15.9 Å². The van der Waals surface area contributed by atoms with Gasteiger partial charge in [0.05, 0.1) is 12.5 Å². The van der Waals surface area contributed by atoms with E-state index in [4.69, 9.17) is 5.11 Å². The first kappa shape index (κ1) is 12.2. The van der Waals surface area contributed by atoms with Gasteiger partial charge in [-0.25, -0.2) is 0 Å². The minimum atomic E-state index is -0.993. The molecule has 0 radical (unpaired) electrons. The van der Waals surface area contributed by atoms with Gasteiger partial charge in [-0.2, -0.15) is 0 Å². The zero-order valence-electron chi connectivity index (χ0n) is 8.40. The third-order valence-electron chi connectivity index (χ3n) is 2.21. The third-order valence-corrected chi connectivity index (χ3v) is 2.71. The van der Waals surface area contributed by atoms with E-state index in [-0.39, 0.29) is 6.42 Å². The van der Waals surface area contributed by atoms with Crippen molar-refractivity contribution in [3.05, 3.63) is 33.8 Å². The molecule has 0 aliphatic rings. The minimum Gasteiger partial charge on any atom is -0.481 e. The van der Waals surface area contributed by atoms with Crippen LogP contribution in [0.15, 0.2) is 22.7 Å².